The number of rotatable bonds is 7. The van der Waals surface area contributed by atoms with Gasteiger partial charge in [-0.3, -0.25) is 4.79 Å². The largest absolute Gasteiger partial charge is 0.491 e. The third-order valence-corrected chi connectivity index (χ3v) is 3.94. The van der Waals surface area contributed by atoms with E-state index in [-0.39, 0.29) is 6.10 Å². The van der Waals surface area contributed by atoms with Gasteiger partial charge in [0.1, 0.15) is 5.75 Å². The van der Waals surface area contributed by atoms with E-state index in [4.69, 9.17) is 4.74 Å². The van der Waals surface area contributed by atoms with Crippen molar-refractivity contribution in [2.45, 2.75) is 59.6 Å². The topological polar surface area (TPSA) is 31.2 Å². The average Bonchev–Trinajstić information content (AvgIpc) is 2.71. The lowest BCUT2D eigenvalue weighted by Gasteiger charge is -2.14. The summed E-state index contributed by atoms with van der Waals surface area (Å²) < 4.78 is 8.17. The van der Waals surface area contributed by atoms with E-state index in [1.54, 1.807) is 0 Å². The first-order valence-electron chi connectivity index (χ1n) is 7.87. The Bertz CT molecular complexity index is 628. The number of hydrogen-bond acceptors (Lipinski definition) is 2. The molecule has 2 rings (SSSR count). The zero-order valence-corrected chi connectivity index (χ0v) is 13.5. The van der Waals surface area contributed by atoms with Gasteiger partial charge in [0.05, 0.1) is 6.10 Å². The third kappa shape index (κ3) is 3.12. The highest BCUT2D eigenvalue weighted by Gasteiger charge is 2.14. The molecular formula is C18H25NO2. The molecular weight excluding hydrogens is 262 g/mol. The van der Waals surface area contributed by atoms with Crippen molar-refractivity contribution in [2.75, 3.05) is 0 Å². The molecule has 0 spiro atoms. The number of aromatic nitrogens is 1. The van der Waals surface area contributed by atoms with Crippen LogP contribution in [0.1, 0.15) is 56.1 Å². The second kappa shape index (κ2) is 6.79. The van der Waals surface area contributed by atoms with Crippen LogP contribution in [0.25, 0.3) is 10.9 Å². The SMILES string of the molecule is CCC[C@@H](C)Oc1ccc2c(c1)c(C=O)c(C)n2CCC. The third-order valence-electron chi connectivity index (χ3n) is 3.94. The Morgan fingerprint density at radius 3 is 2.67 bits per heavy atom. The summed E-state index contributed by atoms with van der Waals surface area (Å²) in [4.78, 5) is 11.4. The molecule has 0 fully saturated rings. The molecule has 0 aliphatic heterocycles. The summed E-state index contributed by atoms with van der Waals surface area (Å²) in [6.45, 7) is 9.33. The normalized spacial score (nSPS) is 12.6. The van der Waals surface area contributed by atoms with Crippen molar-refractivity contribution in [2.24, 2.45) is 0 Å². The molecule has 114 valence electrons. The van der Waals surface area contributed by atoms with Gasteiger partial charge < -0.3 is 9.30 Å². The lowest BCUT2D eigenvalue weighted by atomic mass is 10.1. The number of fused-ring (bicyclic) bond motifs is 1. The molecule has 21 heavy (non-hydrogen) atoms. The Kier molecular flexibility index (Phi) is 5.05. The molecule has 0 unspecified atom stereocenters. The van der Waals surface area contributed by atoms with Crippen molar-refractivity contribution in [3.05, 3.63) is 29.5 Å². The average molecular weight is 287 g/mol. The van der Waals surface area contributed by atoms with Crippen molar-refractivity contribution in [1.82, 2.24) is 4.57 Å². The van der Waals surface area contributed by atoms with E-state index >= 15 is 0 Å². The van der Waals surface area contributed by atoms with Crippen LogP contribution in [0.15, 0.2) is 18.2 Å². The van der Waals surface area contributed by atoms with Crippen LogP contribution in [0.2, 0.25) is 0 Å². The van der Waals surface area contributed by atoms with Gasteiger partial charge in [-0.15, -0.1) is 0 Å². The minimum Gasteiger partial charge on any atom is -0.491 e. The summed E-state index contributed by atoms with van der Waals surface area (Å²) in [6, 6.07) is 6.08. The molecule has 0 aliphatic carbocycles. The van der Waals surface area contributed by atoms with E-state index in [1.807, 2.05) is 19.1 Å². The predicted octanol–water partition coefficient (Wildman–Crippen LogP) is 4.74. The van der Waals surface area contributed by atoms with Crippen molar-refractivity contribution >= 4 is 17.2 Å². The second-order valence-electron chi connectivity index (χ2n) is 5.66. The highest BCUT2D eigenvalue weighted by atomic mass is 16.5. The van der Waals surface area contributed by atoms with Gasteiger partial charge in [0.25, 0.3) is 0 Å². The molecule has 2 aromatic rings. The molecule has 0 aliphatic rings. The van der Waals surface area contributed by atoms with Crippen LogP contribution in [0.5, 0.6) is 5.75 Å². The smallest absolute Gasteiger partial charge is 0.152 e. The predicted molar refractivity (Wildman–Crippen MR) is 87.4 cm³/mol. The maximum Gasteiger partial charge on any atom is 0.152 e. The standard InChI is InChI=1S/C18H25NO2/c1-5-7-13(3)21-15-8-9-18-16(11-15)17(12-20)14(4)19(18)10-6-2/h8-9,11-13H,5-7,10H2,1-4H3/t13-/m1/s1. The van der Waals surface area contributed by atoms with Gasteiger partial charge in [-0.05, 0) is 44.9 Å². The van der Waals surface area contributed by atoms with Gasteiger partial charge in [0, 0.05) is 28.7 Å². The maximum absolute atomic E-state index is 11.4. The minimum absolute atomic E-state index is 0.200. The highest BCUT2D eigenvalue weighted by molar-refractivity contribution is 6.00. The van der Waals surface area contributed by atoms with Gasteiger partial charge in [-0.2, -0.15) is 0 Å². The molecule has 0 bridgehead atoms. The number of carbonyl (C=O) groups excluding carboxylic acids is 1. The lowest BCUT2D eigenvalue weighted by Crippen LogP contribution is -2.10. The number of ether oxygens (including phenoxy) is 1. The Labute approximate surface area is 126 Å². The Hall–Kier alpha value is -1.77. The van der Waals surface area contributed by atoms with Gasteiger partial charge in [-0.25, -0.2) is 0 Å². The van der Waals surface area contributed by atoms with Crippen LogP contribution in [0.4, 0.5) is 0 Å². The molecule has 3 nitrogen and oxygen atoms in total. The van der Waals surface area contributed by atoms with Crippen LogP contribution >= 0.6 is 0 Å². The second-order valence-corrected chi connectivity index (χ2v) is 5.66. The zero-order chi connectivity index (χ0) is 15.4. The van der Waals surface area contributed by atoms with E-state index in [2.05, 4.69) is 31.4 Å². The first-order valence-corrected chi connectivity index (χ1v) is 7.87. The van der Waals surface area contributed by atoms with Crippen LogP contribution in [0.3, 0.4) is 0 Å². The van der Waals surface area contributed by atoms with Crippen molar-refractivity contribution in [3.8, 4) is 5.75 Å². The fourth-order valence-electron chi connectivity index (χ4n) is 2.92. The summed E-state index contributed by atoms with van der Waals surface area (Å²) in [5, 5.41) is 0.997. The number of hydrogen-bond donors (Lipinski definition) is 0. The van der Waals surface area contributed by atoms with Crippen LogP contribution < -0.4 is 4.74 Å². The van der Waals surface area contributed by atoms with Crippen molar-refractivity contribution < 1.29 is 9.53 Å². The number of aryl methyl sites for hydroxylation is 1. The van der Waals surface area contributed by atoms with Gasteiger partial charge >= 0.3 is 0 Å². The summed E-state index contributed by atoms with van der Waals surface area (Å²) in [7, 11) is 0. The quantitative estimate of drug-likeness (QED) is 0.689. The van der Waals surface area contributed by atoms with E-state index in [0.717, 1.165) is 60.0 Å². The molecule has 3 heteroatoms. The Balaban J connectivity index is 2.44. The Morgan fingerprint density at radius 1 is 1.29 bits per heavy atom. The fourth-order valence-corrected chi connectivity index (χ4v) is 2.92. The number of benzene rings is 1. The van der Waals surface area contributed by atoms with Crippen LogP contribution in [0, 0.1) is 6.92 Å². The molecule has 0 radical (unpaired) electrons. The highest BCUT2D eigenvalue weighted by Crippen LogP contribution is 2.29. The molecule has 0 amide bonds. The van der Waals surface area contributed by atoms with E-state index in [1.165, 1.54) is 0 Å². The summed E-state index contributed by atoms with van der Waals surface area (Å²) in [5.41, 5.74) is 2.94. The van der Waals surface area contributed by atoms with Crippen molar-refractivity contribution in [3.63, 3.8) is 0 Å². The van der Waals surface area contributed by atoms with Crippen LogP contribution in [-0.4, -0.2) is 17.0 Å². The zero-order valence-electron chi connectivity index (χ0n) is 13.5. The van der Waals surface area contributed by atoms with Gasteiger partial charge in [0.15, 0.2) is 6.29 Å². The van der Waals surface area contributed by atoms with E-state index in [0.29, 0.717) is 0 Å². The molecule has 1 atom stereocenters. The fraction of sp³-hybridized carbons (Fsp3) is 0.500. The number of aldehydes is 1. The lowest BCUT2D eigenvalue weighted by molar-refractivity contribution is 0.112. The molecule has 1 heterocycles. The van der Waals surface area contributed by atoms with Gasteiger partial charge in [-0.1, -0.05) is 20.3 Å². The number of nitrogens with zero attached hydrogens (tertiary/aromatic N) is 1. The molecule has 0 saturated heterocycles. The van der Waals surface area contributed by atoms with Crippen molar-refractivity contribution in [1.29, 1.82) is 0 Å². The maximum atomic E-state index is 11.4. The van der Waals surface area contributed by atoms with E-state index < -0.39 is 0 Å². The Morgan fingerprint density at radius 2 is 2.05 bits per heavy atom. The monoisotopic (exact) mass is 287 g/mol. The molecule has 1 aromatic carbocycles. The van der Waals surface area contributed by atoms with Gasteiger partial charge in [0.2, 0.25) is 0 Å². The minimum atomic E-state index is 0.200. The number of carbonyl (C=O) groups is 1. The molecule has 0 saturated carbocycles. The summed E-state index contributed by atoms with van der Waals surface area (Å²) >= 11 is 0. The first kappa shape index (κ1) is 15.6. The van der Waals surface area contributed by atoms with Crippen LogP contribution in [-0.2, 0) is 6.54 Å². The summed E-state index contributed by atoms with van der Waals surface area (Å²) in [6.07, 6.45) is 4.35. The van der Waals surface area contributed by atoms with E-state index in [9.17, 15) is 4.79 Å². The molecule has 1 aromatic heterocycles. The first-order chi connectivity index (χ1) is 10.1. The molecule has 0 N–H and O–H groups in total. The summed E-state index contributed by atoms with van der Waals surface area (Å²) in [5.74, 6) is 0.847.